The maximum absolute atomic E-state index is 11.3. The third-order valence-corrected chi connectivity index (χ3v) is 2.91. The zero-order valence-corrected chi connectivity index (χ0v) is 12.4. The maximum Gasteiger partial charge on any atom is 0.373 e. The highest BCUT2D eigenvalue weighted by Crippen LogP contribution is 2.31. The standard InChI is InChI=1S/C16H19NO4/c1-4-20-13-8-6-5-7-11(13)15-17-12(9-10(2)3)14(21-15)16(18)19/h5-8,10H,4,9H2,1-3H3,(H,18,19). The number of para-hydroxylation sites is 1. The number of hydrogen-bond donors (Lipinski definition) is 1. The number of nitrogens with zero attached hydrogens (tertiary/aromatic N) is 1. The van der Waals surface area contributed by atoms with Gasteiger partial charge >= 0.3 is 5.97 Å². The largest absolute Gasteiger partial charge is 0.493 e. The Morgan fingerprint density at radius 3 is 2.71 bits per heavy atom. The lowest BCUT2D eigenvalue weighted by atomic mass is 10.1. The summed E-state index contributed by atoms with van der Waals surface area (Å²) in [6.45, 7) is 6.42. The first-order chi connectivity index (χ1) is 10.0. The molecular formula is C16H19NO4. The second-order valence-electron chi connectivity index (χ2n) is 5.13. The average molecular weight is 289 g/mol. The zero-order chi connectivity index (χ0) is 15.4. The lowest BCUT2D eigenvalue weighted by Crippen LogP contribution is -2.03. The topological polar surface area (TPSA) is 72.6 Å². The highest BCUT2D eigenvalue weighted by atomic mass is 16.5. The van der Waals surface area contributed by atoms with Gasteiger partial charge in [0.25, 0.3) is 0 Å². The molecule has 2 aromatic rings. The fourth-order valence-electron chi connectivity index (χ4n) is 2.08. The van der Waals surface area contributed by atoms with E-state index in [9.17, 15) is 9.90 Å². The Bertz CT molecular complexity index is 631. The van der Waals surface area contributed by atoms with Crippen LogP contribution in [0.5, 0.6) is 5.75 Å². The number of carboxylic acid groups (broad SMARTS) is 1. The minimum atomic E-state index is -1.10. The predicted octanol–water partition coefficient (Wildman–Crippen LogP) is 3.64. The molecule has 1 aromatic carbocycles. The molecule has 0 atom stereocenters. The molecule has 5 heteroatoms. The van der Waals surface area contributed by atoms with Gasteiger partial charge in [-0.25, -0.2) is 9.78 Å². The van der Waals surface area contributed by atoms with Crippen molar-refractivity contribution in [2.45, 2.75) is 27.2 Å². The minimum Gasteiger partial charge on any atom is -0.493 e. The molecule has 0 aliphatic rings. The molecule has 1 N–H and O–H groups in total. The second-order valence-corrected chi connectivity index (χ2v) is 5.13. The molecule has 21 heavy (non-hydrogen) atoms. The number of ether oxygens (including phenoxy) is 1. The number of oxazole rings is 1. The summed E-state index contributed by atoms with van der Waals surface area (Å²) in [6, 6.07) is 7.31. The van der Waals surface area contributed by atoms with E-state index in [0.717, 1.165) is 0 Å². The van der Waals surface area contributed by atoms with Gasteiger partial charge in [0.15, 0.2) is 0 Å². The van der Waals surface area contributed by atoms with Gasteiger partial charge in [-0.05, 0) is 31.4 Å². The van der Waals surface area contributed by atoms with Crippen molar-refractivity contribution in [2.24, 2.45) is 5.92 Å². The third kappa shape index (κ3) is 3.42. The number of hydrogen-bond acceptors (Lipinski definition) is 4. The molecule has 0 fully saturated rings. The predicted molar refractivity (Wildman–Crippen MR) is 78.6 cm³/mol. The van der Waals surface area contributed by atoms with E-state index in [1.165, 1.54) is 0 Å². The van der Waals surface area contributed by atoms with Crippen LogP contribution in [0.2, 0.25) is 0 Å². The molecule has 5 nitrogen and oxygen atoms in total. The highest BCUT2D eigenvalue weighted by molar-refractivity contribution is 5.86. The van der Waals surface area contributed by atoms with Crippen molar-refractivity contribution in [1.82, 2.24) is 4.98 Å². The van der Waals surface area contributed by atoms with Crippen molar-refractivity contribution in [3.63, 3.8) is 0 Å². The van der Waals surface area contributed by atoms with Crippen molar-refractivity contribution in [3.8, 4) is 17.2 Å². The van der Waals surface area contributed by atoms with Crippen LogP contribution in [0.4, 0.5) is 0 Å². The van der Waals surface area contributed by atoms with E-state index >= 15 is 0 Å². The van der Waals surface area contributed by atoms with Crippen LogP contribution in [0.1, 0.15) is 37.0 Å². The van der Waals surface area contributed by atoms with Crippen LogP contribution in [0, 0.1) is 5.92 Å². The summed E-state index contributed by atoms with van der Waals surface area (Å²) >= 11 is 0. The molecular weight excluding hydrogens is 270 g/mol. The van der Waals surface area contributed by atoms with Crippen molar-refractivity contribution in [2.75, 3.05) is 6.61 Å². The zero-order valence-electron chi connectivity index (χ0n) is 12.4. The molecule has 0 bridgehead atoms. The molecule has 0 saturated carbocycles. The van der Waals surface area contributed by atoms with E-state index in [1.54, 1.807) is 0 Å². The monoisotopic (exact) mass is 289 g/mol. The molecule has 0 aliphatic carbocycles. The van der Waals surface area contributed by atoms with Crippen LogP contribution < -0.4 is 4.74 Å². The maximum atomic E-state index is 11.3. The SMILES string of the molecule is CCOc1ccccc1-c1nc(CC(C)C)c(C(=O)O)o1. The minimum absolute atomic E-state index is 0.0926. The van der Waals surface area contributed by atoms with E-state index in [1.807, 2.05) is 45.0 Å². The first kappa shape index (κ1) is 15.1. The quantitative estimate of drug-likeness (QED) is 0.879. The fraction of sp³-hybridized carbons (Fsp3) is 0.375. The molecule has 112 valence electrons. The Hall–Kier alpha value is -2.30. The second kappa shape index (κ2) is 6.43. The summed E-state index contributed by atoms with van der Waals surface area (Å²) in [7, 11) is 0. The number of carbonyl (C=O) groups is 1. The van der Waals surface area contributed by atoms with Crippen LogP contribution >= 0.6 is 0 Å². The first-order valence-electron chi connectivity index (χ1n) is 6.98. The van der Waals surface area contributed by atoms with Crippen molar-refractivity contribution < 1.29 is 19.1 Å². The summed E-state index contributed by atoms with van der Waals surface area (Å²) in [5.41, 5.74) is 1.13. The van der Waals surface area contributed by atoms with E-state index in [4.69, 9.17) is 9.15 Å². The van der Waals surface area contributed by atoms with Gasteiger partial charge < -0.3 is 14.3 Å². The summed E-state index contributed by atoms with van der Waals surface area (Å²) < 4.78 is 11.0. The van der Waals surface area contributed by atoms with Crippen molar-refractivity contribution >= 4 is 5.97 Å². The van der Waals surface area contributed by atoms with Gasteiger partial charge in [-0.1, -0.05) is 26.0 Å². The molecule has 2 rings (SSSR count). The number of benzene rings is 1. The van der Waals surface area contributed by atoms with E-state index in [-0.39, 0.29) is 11.7 Å². The van der Waals surface area contributed by atoms with Gasteiger partial charge in [0.05, 0.1) is 17.9 Å². The van der Waals surface area contributed by atoms with Gasteiger partial charge in [-0.3, -0.25) is 0 Å². The van der Waals surface area contributed by atoms with Crippen LogP contribution in [0.25, 0.3) is 11.5 Å². The van der Waals surface area contributed by atoms with Gasteiger partial charge in [0.2, 0.25) is 11.7 Å². The van der Waals surface area contributed by atoms with Crippen LogP contribution in [-0.4, -0.2) is 22.7 Å². The molecule has 0 amide bonds. The Morgan fingerprint density at radius 1 is 1.38 bits per heavy atom. The molecule has 0 radical (unpaired) electrons. The van der Waals surface area contributed by atoms with Gasteiger partial charge in [-0.15, -0.1) is 0 Å². The Balaban J connectivity index is 2.47. The molecule has 0 unspecified atom stereocenters. The number of aromatic nitrogens is 1. The van der Waals surface area contributed by atoms with Gasteiger partial charge in [0, 0.05) is 0 Å². The molecule has 1 aromatic heterocycles. The summed E-state index contributed by atoms with van der Waals surface area (Å²) in [5, 5.41) is 9.25. The van der Waals surface area contributed by atoms with E-state index < -0.39 is 5.97 Å². The van der Waals surface area contributed by atoms with Gasteiger partial charge in [-0.2, -0.15) is 0 Å². The summed E-state index contributed by atoms with van der Waals surface area (Å²) in [5.74, 6) is 0.0212. The van der Waals surface area contributed by atoms with Crippen LogP contribution in [0.3, 0.4) is 0 Å². The summed E-state index contributed by atoms with van der Waals surface area (Å²) in [4.78, 5) is 15.7. The van der Waals surface area contributed by atoms with Crippen LogP contribution in [0.15, 0.2) is 28.7 Å². The lowest BCUT2D eigenvalue weighted by Gasteiger charge is -2.06. The fourth-order valence-corrected chi connectivity index (χ4v) is 2.08. The van der Waals surface area contributed by atoms with E-state index in [2.05, 4.69) is 4.98 Å². The summed E-state index contributed by atoms with van der Waals surface area (Å²) in [6.07, 6.45) is 0.557. The molecule has 0 spiro atoms. The van der Waals surface area contributed by atoms with Crippen LogP contribution in [-0.2, 0) is 6.42 Å². The van der Waals surface area contributed by atoms with E-state index in [0.29, 0.717) is 36.0 Å². The number of rotatable bonds is 6. The highest BCUT2D eigenvalue weighted by Gasteiger charge is 2.22. The molecule has 0 saturated heterocycles. The number of aromatic carboxylic acids is 1. The molecule has 0 aliphatic heterocycles. The first-order valence-corrected chi connectivity index (χ1v) is 6.98. The Morgan fingerprint density at radius 2 is 2.10 bits per heavy atom. The van der Waals surface area contributed by atoms with Crippen molar-refractivity contribution in [1.29, 1.82) is 0 Å². The van der Waals surface area contributed by atoms with Gasteiger partial charge in [0.1, 0.15) is 5.75 Å². The number of carboxylic acids is 1. The lowest BCUT2D eigenvalue weighted by molar-refractivity contribution is 0.0661. The normalized spacial score (nSPS) is 10.9. The molecule has 1 heterocycles. The Kier molecular flexibility index (Phi) is 4.62. The smallest absolute Gasteiger partial charge is 0.373 e. The Labute approximate surface area is 123 Å². The third-order valence-electron chi connectivity index (χ3n) is 2.91. The van der Waals surface area contributed by atoms with Crippen molar-refractivity contribution in [3.05, 3.63) is 35.7 Å². The average Bonchev–Trinajstić information content (AvgIpc) is 2.83.